The maximum absolute atomic E-state index is 12.1. The van der Waals surface area contributed by atoms with E-state index in [1.54, 1.807) is 18.2 Å². The molecule has 0 aliphatic carbocycles. The lowest BCUT2D eigenvalue weighted by atomic mass is 10.1. The molecule has 2 aromatic carbocycles. The van der Waals surface area contributed by atoms with E-state index in [9.17, 15) is 9.90 Å². The fourth-order valence-electron chi connectivity index (χ4n) is 1.75. The third kappa shape index (κ3) is 3.07. The summed E-state index contributed by atoms with van der Waals surface area (Å²) in [6, 6.07) is 11.1. The average Bonchev–Trinajstić information content (AvgIpc) is 2.47. The maximum Gasteiger partial charge on any atom is 0.259 e. The van der Waals surface area contributed by atoms with E-state index in [0.717, 1.165) is 0 Å². The van der Waals surface area contributed by atoms with Crippen LogP contribution in [0.5, 0.6) is 11.5 Å². The lowest BCUT2D eigenvalue weighted by Gasteiger charge is -2.10. The molecule has 0 aliphatic heterocycles. The monoisotopic (exact) mass is 302 g/mol. The molecule has 0 saturated heterocycles. The zero-order valence-electron chi connectivity index (χ0n) is 11.1. The molecule has 106 valence electrons. The minimum atomic E-state index is -0.507. The highest BCUT2D eigenvalue weighted by Gasteiger charge is 2.15. The van der Waals surface area contributed by atoms with Crippen molar-refractivity contribution in [1.29, 1.82) is 5.26 Å². The molecule has 21 heavy (non-hydrogen) atoms. The van der Waals surface area contributed by atoms with Crippen LogP contribution in [0.4, 0.5) is 5.69 Å². The molecule has 0 bridgehead atoms. The lowest BCUT2D eigenvalue weighted by Crippen LogP contribution is -2.12. The molecule has 2 rings (SSSR count). The van der Waals surface area contributed by atoms with Gasteiger partial charge in [0.25, 0.3) is 5.91 Å². The first-order chi connectivity index (χ1) is 10.1. The number of aromatic hydroxyl groups is 1. The molecule has 2 N–H and O–H groups in total. The van der Waals surface area contributed by atoms with Crippen LogP contribution in [0.3, 0.4) is 0 Å². The number of nitrogens with one attached hydrogen (secondary N) is 1. The molecule has 0 unspecified atom stereocenters. The van der Waals surface area contributed by atoms with Crippen molar-refractivity contribution >= 4 is 23.2 Å². The highest BCUT2D eigenvalue weighted by molar-refractivity contribution is 6.32. The number of phenols is 1. The van der Waals surface area contributed by atoms with Crippen molar-refractivity contribution in [3.8, 4) is 17.6 Å². The topological polar surface area (TPSA) is 82.3 Å². The van der Waals surface area contributed by atoms with Crippen molar-refractivity contribution < 1.29 is 14.6 Å². The molecule has 0 atom stereocenters. The first-order valence-corrected chi connectivity index (χ1v) is 6.31. The quantitative estimate of drug-likeness (QED) is 0.912. The van der Waals surface area contributed by atoms with Crippen LogP contribution < -0.4 is 10.1 Å². The molecule has 0 spiro atoms. The first-order valence-electron chi connectivity index (χ1n) is 5.93. The number of hydrogen-bond donors (Lipinski definition) is 2. The second-order valence-corrected chi connectivity index (χ2v) is 4.52. The van der Waals surface area contributed by atoms with Gasteiger partial charge in [-0.05, 0) is 30.3 Å². The van der Waals surface area contributed by atoms with Gasteiger partial charge in [0, 0.05) is 5.69 Å². The molecule has 0 aromatic heterocycles. The number of ether oxygens (including phenoxy) is 1. The van der Waals surface area contributed by atoms with Crippen molar-refractivity contribution in [3.05, 3.63) is 52.5 Å². The normalized spacial score (nSPS) is 9.76. The Morgan fingerprint density at radius 1 is 1.38 bits per heavy atom. The van der Waals surface area contributed by atoms with E-state index < -0.39 is 5.91 Å². The Kier molecular flexibility index (Phi) is 4.31. The second-order valence-electron chi connectivity index (χ2n) is 4.12. The molecule has 1 amide bonds. The Labute approximate surface area is 126 Å². The number of rotatable bonds is 3. The third-order valence-corrected chi connectivity index (χ3v) is 3.12. The number of benzene rings is 2. The van der Waals surface area contributed by atoms with Crippen LogP contribution in [0.1, 0.15) is 15.9 Å². The van der Waals surface area contributed by atoms with Crippen LogP contribution in [0.2, 0.25) is 5.02 Å². The van der Waals surface area contributed by atoms with Gasteiger partial charge in [-0.15, -0.1) is 0 Å². The van der Waals surface area contributed by atoms with E-state index in [-0.39, 0.29) is 22.1 Å². The van der Waals surface area contributed by atoms with Gasteiger partial charge in [-0.1, -0.05) is 17.7 Å². The molecule has 2 aromatic rings. The van der Waals surface area contributed by atoms with Crippen molar-refractivity contribution in [2.24, 2.45) is 0 Å². The van der Waals surface area contributed by atoms with Crippen LogP contribution in [0.25, 0.3) is 0 Å². The first kappa shape index (κ1) is 14.7. The summed E-state index contributed by atoms with van der Waals surface area (Å²) in [6.45, 7) is 0. The summed E-state index contributed by atoms with van der Waals surface area (Å²) in [7, 11) is 1.40. The number of carbonyl (C=O) groups is 1. The van der Waals surface area contributed by atoms with E-state index >= 15 is 0 Å². The standard InChI is InChI=1S/C15H11ClN2O3/c1-21-13-4-2-3-11(14(13)19)15(20)18-10-6-5-9(8-17)12(16)7-10/h2-7,19H,1H3,(H,18,20). The summed E-state index contributed by atoms with van der Waals surface area (Å²) in [5.41, 5.74) is 0.819. The van der Waals surface area contributed by atoms with Crippen LogP contribution >= 0.6 is 11.6 Å². The largest absolute Gasteiger partial charge is 0.504 e. The number of halogens is 1. The van der Waals surface area contributed by atoms with Crippen LogP contribution in [-0.4, -0.2) is 18.1 Å². The second kappa shape index (κ2) is 6.16. The number of phenolic OH excluding ortho intramolecular Hbond substituents is 1. The smallest absolute Gasteiger partial charge is 0.259 e. The summed E-state index contributed by atoms with van der Waals surface area (Å²) in [4.78, 5) is 12.1. The number of anilines is 1. The number of methoxy groups -OCH3 is 1. The number of amides is 1. The highest BCUT2D eigenvalue weighted by Crippen LogP contribution is 2.30. The molecule has 6 heteroatoms. The zero-order chi connectivity index (χ0) is 15.4. The Morgan fingerprint density at radius 3 is 2.76 bits per heavy atom. The molecule has 0 fully saturated rings. The fourth-order valence-corrected chi connectivity index (χ4v) is 1.98. The number of carbonyl (C=O) groups excluding carboxylic acids is 1. The van der Waals surface area contributed by atoms with E-state index in [0.29, 0.717) is 11.3 Å². The molecule has 5 nitrogen and oxygen atoms in total. The van der Waals surface area contributed by atoms with Gasteiger partial charge in [0.15, 0.2) is 11.5 Å². The molecular weight excluding hydrogens is 292 g/mol. The van der Waals surface area contributed by atoms with Gasteiger partial charge in [0.2, 0.25) is 0 Å². The minimum Gasteiger partial charge on any atom is -0.504 e. The average molecular weight is 303 g/mol. The summed E-state index contributed by atoms with van der Waals surface area (Å²) < 4.78 is 4.95. The molecular formula is C15H11ClN2O3. The minimum absolute atomic E-state index is 0.0785. The van der Waals surface area contributed by atoms with Crippen molar-refractivity contribution in [2.75, 3.05) is 12.4 Å². The van der Waals surface area contributed by atoms with Gasteiger partial charge in [-0.25, -0.2) is 0 Å². The number of nitrogens with zero attached hydrogens (tertiary/aromatic N) is 1. The predicted octanol–water partition coefficient (Wildman–Crippen LogP) is 3.18. The van der Waals surface area contributed by atoms with Gasteiger partial charge < -0.3 is 15.2 Å². The Balaban J connectivity index is 2.27. The van der Waals surface area contributed by atoms with Gasteiger partial charge in [-0.3, -0.25) is 4.79 Å². The van der Waals surface area contributed by atoms with Crippen LogP contribution in [0, 0.1) is 11.3 Å². The van der Waals surface area contributed by atoms with Crippen molar-refractivity contribution in [3.63, 3.8) is 0 Å². The highest BCUT2D eigenvalue weighted by atomic mass is 35.5. The Morgan fingerprint density at radius 2 is 2.14 bits per heavy atom. The van der Waals surface area contributed by atoms with Crippen LogP contribution in [-0.2, 0) is 0 Å². The Hall–Kier alpha value is -2.71. The number of nitriles is 1. The Bertz CT molecular complexity index is 738. The van der Waals surface area contributed by atoms with Crippen molar-refractivity contribution in [2.45, 2.75) is 0 Å². The van der Waals surface area contributed by atoms with Crippen LogP contribution in [0.15, 0.2) is 36.4 Å². The van der Waals surface area contributed by atoms with E-state index in [1.807, 2.05) is 6.07 Å². The van der Waals surface area contributed by atoms with E-state index in [4.69, 9.17) is 21.6 Å². The number of hydrogen-bond acceptors (Lipinski definition) is 4. The summed E-state index contributed by atoms with van der Waals surface area (Å²) in [5.74, 6) is -0.537. The SMILES string of the molecule is COc1cccc(C(=O)Nc2ccc(C#N)c(Cl)c2)c1O. The molecule has 0 radical (unpaired) electrons. The summed E-state index contributed by atoms with van der Waals surface area (Å²) in [6.07, 6.45) is 0. The summed E-state index contributed by atoms with van der Waals surface area (Å²) in [5, 5.41) is 21.5. The van der Waals surface area contributed by atoms with Crippen molar-refractivity contribution in [1.82, 2.24) is 0 Å². The van der Waals surface area contributed by atoms with E-state index in [1.165, 1.54) is 25.3 Å². The van der Waals surface area contributed by atoms with Gasteiger partial charge in [0.05, 0.1) is 23.3 Å². The van der Waals surface area contributed by atoms with E-state index in [2.05, 4.69) is 5.32 Å². The number of para-hydroxylation sites is 1. The fraction of sp³-hybridized carbons (Fsp3) is 0.0667. The summed E-state index contributed by atoms with van der Waals surface area (Å²) >= 11 is 5.89. The van der Waals surface area contributed by atoms with Gasteiger partial charge in [-0.2, -0.15) is 5.26 Å². The lowest BCUT2D eigenvalue weighted by molar-refractivity contribution is 0.102. The molecule has 0 saturated carbocycles. The predicted molar refractivity (Wildman–Crippen MR) is 78.8 cm³/mol. The molecule has 0 aliphatic rings. The van der Waals surface area contributed by atoms with Gasteiger partial charge >= 0.3 is 0 Å². The van der Waals surface area contributed by atoms with Gasteiger partial charge in [0.1, 0.15) is 6.07 Å². The molecule has 0 heterocycles. The third-order valence-electron chi connectivity index (χ3n) is 2.81. The maximum atomic E-state index is 12.1. The zero-order valence-corrected chi connectivity index (χ0v) is 11.8.